The number of anilines is 1. The highest BCUT2D eigenvalue weighted by molar-refractivity contribution is 5.56. The Labute approximate surface area is 86.1 Å². The Hall–Kier alpha value is -1.18. The van der Waals surface area contributed by atoms with E-state index in [-0.39, 0.29) is 6.10 Å². The van der Waals surface area contributed by atoms with Crippen LogP contribution in [0.3, 0.4) is 0 Å². The predicted octanol–water partition coefficient (Wildman–Crippen LogP) is 3.14. The van der Waals surface area contributed by atoms with Gasteiger partial charge in [0.15, 0.2) is 0 Å². The van der Waals surface area contributed by atoms with Gasteiger partial charge in [0.25, 0.3) is 0 Å². The molecule has 0 amide bonds. The van der Waals surface area contributed by atoms with Gasteiger partial charge in [0.05, 0.1) is 11.8 Å². The molecular weight excluding hydrogens is 174 g/mol. The normalized spacial score (nSPS) is 12.5. The Morgan fingerprint density at radius 2 is 2.14 bits per heavy atom. The standard InChI is InChI=1S/C12H19NO/c1-4-6-10(3)14-12-9(2)7-5-8-11(12)13/h5,7-8,10H,4,6,13H2,1-3H3. The molecule has 1 rings (SSSR count). The van der Waals surface area contributed by atoms with Gasteiger partial charge in [0, 0.05) is 0 Å². The summed E-state index contributed by atoms with van der Waals surface area (Å²) in [7, 11) is 0. The molecule has 0 heterocycles. The SMILES string of the molecule is CCCC(C)Oc1c(C)cccc1N. The molecule has 0 saturated heterocycles. The molecule has 1 aromatic carbocycles. The summed E-state index contributed by atoms with van der Waals surface area (Å²) >= 11 is 0. The quantitative estimate of drug-likeness (QED) is 0.745. The van der Waals surface area contributed by atoms with Crippen molar-refractivity contribution in [3.63, 3.8) is 0 Å². The van der Waals surface area contributed by atoms with Gasteiger partial charge in [0.2, 0.25) is 0 Å². The van der Waals surface area contributed by atoms with E-state index in [1.165, 1.54) is 0 Å². The molecular formula is C12H19NO. The van der Waals surface area contributed by atoms with E-state index in [0.29, 0.717) is 0 Å². The van der Waals surface area contributed by atoms with Crippen molar-refractivity contribution in [2.45, 2.75) is 39.7 Å². The molecule has 1 aromatic rings. The van der Waals surface area contributed by atoms with Crippen molar-refractivity contribution in [3.8, 4) is 5.75 Å². The number of nitrogen functional groups attached to an aromatic ring is 1. The first-order valence-corrected chi connectivity index (χ1v) is 5.17. The molecule has 1 atom stereocenters. The molecule has 1 unspecified atom stereocenters. The smallest absolute Gasteiger partial charge is 0.145 e. The van der Waals surface area contributed by atoms with Gasteiger partial charge in [-0.25, -0.2) is 0 Å². The third-order valence-electron chi connectivity index (χ3n) is 2.26. The summed E-state index contributed by atoms with van der Waals surface area (Å²) in [5.74, 6) is 0.841. The van der Waals surface area contributed by atoms with Crippen LogP contribution in [0.4, 0.5) is 5.69 Å². The number of hydrogen-bond donors (Lipinski definition) is 1. The van der Waals surface area contributed by atoms with Gasteiger partial charge in [0.1, 0.15) is 5.75 Å². The highest BCUT2D eigenvalue weighted by Gasteiger charge is 2.07. The Kier molecular flexibility index (Phi) is 3.81. The van der Waals surface area contributed by atoms with Crippen LogP contribution in [-0.2, 0) is 0 Å². The minimum absolute atomic E-state index is 0.239. The van der Waals surface area contributed by atoms with Crippen LogP contribution in [0, 0.1) is 6.92 Å². The molecule has 0 fully saturated rings. The van der Waals surface area contributed by atoms with Crippen LogP contribution in [0.5, 0.6) is 5.75 Å². The van der Waals surface area contributed by atoms with Gasteiger partial charge >= 0.3 is 0 Å². The lowest BCUT2D eigenvalue weighted by Gasteiger charge is -2.17. The first kappa shape index (κ1) is 10.9. The Balaban J connectivity index is 2.75. The zero-order chi connectivity index (χ0) is 10.6. The molecule has 0 aliphatic heterocycles. The second-order valence-corrected chi connectivity index (χ2v) is 3.71. The number of para-hydroxylation sites is 1. The van der Waals surface area contributed by atoms with E-state index in [1.54, 1.807) is 0 Å². The minimum atomic E-state index is 0.239. The third kappa shape index (κ3) is 2.66. The molecule has 2 N–H and O–H groups in total. The average Bonchev–Trinajstić information content (AvgIpc) is 2.12. The van der Waals surface area contributed by atoms with Crippen LogP contribution in [-0.4, -0.2) is 6.10 Å². The molecule has 0 bridgehead atoms. The van der Waals surface area contributed by atoms with E-state index < -0.39 is 0 Å². The first-order valence-electron chi connectivity index (χ1n) is 5.17. The van der Waals surface area contributed by atoms with Crippen LogP contribution in [0.2, 0.25) is 0 Å². The van der Waals surface area contributed by atoms with Crippen LogP contribution >= 0.6 is 0 Å². The van der Waals surface area contributed by atoms with E-state index >= 15 is 0 Å². The lowest BCUT2D eigenvalue weighted by atomic mass is 10.2. The molecule has 14 heavy (non-hydrogen) atoms. The number of aryl methyl sites for hydroxylation is 1. The molecule has 0 radical (unpaired) electrons. The Morgan fingerprint density at radius 1 is 1.43 bits per heavy atom. The molecule has 0 saturated carbocycles. The molecule has 2 nitrogen and oxygen atoms in total. The fourth-order valence-corrected chi connectivity index (χ4v) is 1.50. The Bertz CT molecular complexity index is 276. The van der Waals surface area contributed by atoms with Crippen molar-refractivity contribution < 1.29 is 4.74 Å². The number of hydrogen-bond acceptors (Lipinski definition) is 2. The second-order valence-electron chi connectivity index (χ2n) is 3.71. The van der Waals surface area contributed by atoms with E-state index in [0.717, 1.165) is 29.8 Å². The highest BCUT2D eigenvalue weighted by Crippen LogP contribution is 2.27. The number of rotatable bonds is 4. The van der Waals surface area contributed by atoms with Crippen LogP contribution in [0.15, 0.2) is 18.2 Å². The van der Waals surface area contributed by atoms with Gasteiger partial charge in [-0.1, -0.05) is 25.5 Å². The largest absolute Gasteiger partial charge is 0.488 e. The van der Waals surface area contributed by atoms with Gasteiger partial charge < -0.3 is 10.5 Å². The third-order valence-corrected chi connectivity index (χ3v) is 2.26. The van der Waals surface area contributed by atoms with Crippen LogP contribution < -0.4 is 10.5 Å². The minimum Gasteiger partial charge on any atom is -0.488 e. The van der Waals surface area contributed by atoms with Gasteiger partial charge in [-0.3, -0.25) is 0 Å². The number of nitrogens with two attached hydrogens (primary N) is 1. The second kappa shape index (κ2) is 4.89. The van der Waals surface area contributed by atoms with Crippen molar-refractivity contribution in [2.75, 3.05) is 5.73 Å². The fourth-order valence-electron chi connectivity index (χ4n) is 1.50. The van der Waals surface area contributed by atoms with Gasteiger partial charge in [-0.15, -0.1) is 0 Å². The number of ether oxygens (including phenoxy) is 1. The first-order chi connectivity index (χ1) is 6.65. The lowest BCUT2D eigenvalue weighted by Crippen LogP contribution is -2.12. The summed E-state index contributed by atoms with van der Waals surface area (Å²) in [5.41, 5.74) is 7.68. The summed E-state index contributed by atoms with van der Waals surface area (Å²) in [5, 5.41) is 0. The maximum absolute atomic E-state index is 5.84. The van der Waals surface area contributed by atoms with E-state index in [1.807, 2.05) is 25.1 Å². The van der Waals surface area contributed by atoms with Crippen molar-refractivity contribution in [1.29, 1.82) is 0 Å². The average molecular weight is 193 g/mol. The fraction of sp³-hybridized carbons (Fsp3) is 0.500. The monoisotopic (exact) mass is 193 g/mol. The molecule has 78 valence electrons. The summed E-state index contributed by atoms with van der Waals surface area (Å²) in [6, 6.07) is 5.84. The maximum atomic E-state index is 5.84. The van der Waals surface area contributed by atoms with Crippen molar-refractivity contribution in [1.82, 2.24) is 0 Å². The topological polar surface area (TPSA) is 35.2 Å². The summed E-state index contributed by atoms with van der Waals surface area (Å²) < 4.78 is 5.79. The molecule has 0 aromatic heterocycles. The van der Waals surface area contributed by atoms with Crippen LogP contribution in [0.25, 0.3) is 0 Å². The zero-order valence-corrected chi connectivity index (χ0v) is 9.21. The molecule has 0 spiro atoms. The predicted molar refractivity (Wildman–Crippen MR) is 60.6 cm³/mol. The van der Waals surface area contributed by atoms with E-state index in [9.17, 15) is 0 Å². The zero-order valence-electron chi connectivity index (χ0n) is 9.21. The van der Waals surface area contributed by atoms with Crippen molar-refractivity contribution >= 4 is 5.69 Å². The summed E-state index contributed by atoms with van der Waals surface area (Å²) in [6.45, 7) is 6.25. The molecule has 0 aliphatic carbocycles. The summed E-state index contributed by atoms with van der Waals surface area (Å²) in [6.07, 6.45) is 2.43. The molecule has 2 heteroatoms. The van der Waals surface area contributed by atoms with Crippen molar-refractivity contribution in [3.05, 3.63) is 23.8 Å². The maximum Gasteiger partial charge on any atom is 0.145 e. The summed E-state index contributed by atoms with van der Waals surface area (Å²) in [4.78, 5) is 0. The van der Waals surface area contributed by atoms with E-state index in [4.69, 9.17) is 10.5 Å². The van der Waals surface area contributed by atoms with Gasteiger partial charge in [-0.2, -0.15) is 0 Å². The lowest BCUT2D eigenvalue weighted by molar-refractivity contribution is 0.210. The van der Waals surface area contributed by atoms with Crippen molar-refractivity contribution in [2.24, 2.45) is 0 Å². The van der Waals surface area contributed by atoms with E-state index in [2.05, 4.69) is 13.8 Å². The number of benzene rings is 1. The Morgan fingerprint density at radius 3 is 2.71 bits per heavy atom. The van der Waals surface area contributed by atoms with Gasteiger partial charge in [-0.05, 0) is 31.9 Å². The highest BCUT2D eigenvalue weighted by atomic mass is 16.5. The molecule has 0 aliphatic rings. The van der Waals surface area contributed by atoms with Crippen LogP contribution in [0.1, 0.15) is 32.3 Å².